The van der Waals surface area contributed by atoms with Crippen LogP contribution in [0.2, 0.25) is 0 Å². The molecule has 6 nitrogen and oxygen atoms in total. The van der Waals surface area contributed by atoms with Gasteiger partial charge in [-0.25, -0.2) is 4.79 Å². The summed E-state index contributed by atoms with van der Waals surface area (Å²) >= 11 is 6.58. The zero-order valence-electron chi connectivity index (χ0n) is 13.2. The number of aliphatic carboxylic acids is 1. The van der Waals surface area contributed by atoms with Crippen molar-refractivity contribution >= 4 is 55.5 Å². The minimum Gasteiger partial charge on any atom is -0.481 e. The highest BCUT2D eigenvalue weighted by Gasteiger charge is 2.11. The predicted octanol–water partition coefficient (Wildman–Crippen LogP) is 4.22. The van der Waals surface area contributed by atoms with Gasteiger partial charge in [-0.3, -0.25) is 4.79 Å². The molecule has 0 unspecified atom stereocenters. The average Bonchev–Trinajstić information content (AvgIpc) is 2.58. The van der Waals surface area contributed by atoms with Crippen LogP contribution in [0.5, 0.6) is 5.75 Å². The number of nitriles is 1. The van der Waals surface area contributed by atoms with Crippen molar-refractivity contribution in [3.63, 3.8) is 0 Å². The Morgan fingerprint density at radius 1 is 1.23 bits per heavy atom. The van der Waals surface area contributed by atoms with Crippen LogP contribution in [0.3, 0.4) is 0 Å². The molecule has 0 aliphatic heterocycles. The summed E-state index contributed by atoms with van der Waals surface area (Å²) < 4.78 is 6.42. The van der Waals surface area contributed by atoms with Crippen LogP contribution in [0.4, 0.5) is 5.69 Å². The van der Waals surface area contributed by atoms with Gasteiger partial charge in [0.1, 0.15) is 17.4 Å². The van der Waals surface area contributed by atoms with Gasteiger partial charge in [0.25, 0.3) is 5.91 Å². The van der Waals surface area contributed by atoms with Crippen LogP contribution >= 0.6 is 31.9 Å². The summed E-state index contributed by atoms with van der Waals surface area (Å²) in [5, 5.41) is 20.6. The van der Waals surface area contributed by atoms with Crippen molar-refractivity contribution in [3.8, 4) is 11.8 Å². The first kappa shape index (κ1) is 19.7. The van der Waals surface area contributed by atoms with Crippen molar-refractivity contribution in [2.24, 2.45) is 0 Å². The second-order valence-electron chi connectivity index (χ2n) is 5.01. The van der Waals surface area contributed by atoms with E-state index in [1.165, 1.54) is 6.08 Å². The predicted molar refractivity (Wildman–Crippen MR) is 104 cm³/mol. The van der Waals surface area contributed by atoms with Crippen LogP contribution in [0.1, 0.15) is 5.56 Å². The fourth-order valence-corrected chi connectivity index (χ4v) is 2.85. The Hall–Kier alpha value is -2.63. The van der Waals surface area contributed by atoms with Crippen molar-refractivity contribution in [1.82, 2.24) is 0 Å². The van der Waals surface area contributed by atoms with Crippen molar-refractivity contribution in [1.29, 1.82) is 5.26 Å². The molecule has 8 heteroatoms. The van der Waals surface area contributed by atoms with E-state index in [2.05, 4.69) is 37.2 Å². The lowest BCUT2D eigenvalue weighted by Gasteiger charge is -2.07. The number of amides is 1. The monoisotopic (exact) mass is 478 g/mol. The second-order valence-corrected chi connectivity index (χ2v) is 6.78. The molecule has 0 spiro atoms. The molecule has 2 rings (SSSR count). The first-order valence-electron chi connectivity index (χ1n) is 7.22. The number of hydrogen-bond acceptors (Lipinski definition) is 4. The van der Waals surface area contributed by atoms with Crippen LogP contribution in [-0.4, -0.2) is 23.6 Å². The molecule has 0 radical (unpaired) electrons. The van der Waals surface area contributed by atoms with Gasteiger partial charge < -0.3 is 15.2 Å². The molecule has 26 heavy (non-hydrogen) atoms. The quantitative estimate of drug-likeness (QED) is 0.477. The first-order chi connectivity index (χ1) is 12.4. The number of carboxylic acid groups (broad SMARTS) is 1. The van der Waals surface area contributed by atoms with Crippen molar-refractivity contribution in [2.45, 2.75) is 0 Å². The van der Waals surface area contributed by atoms with Gasteiger partial charge in [0.15, 0.2) is 6.61 Å². The lowest BCUT2D eigenvalue weighted by atomic mass is 10.1. The van der Waals surface area contributed by atoms with E-state index in [0.29, 0.717) is 21.5 Å². The topological polar surface area (TPSA) is 99.4 Å². The molecule has 0 aliphatic carbocycles. The van der Waals surface area contributed by atoms with Gasteiger partial charge in [0, 0.05) is 10.2 Å². The summed E-state index contributed by atoms with van der Waals surface area (Å²) in [7, 11) is 0. The molecule has 132 valence electrons. The number of carboxylic acids is 1. The molecule has 0 saturated carbocycles. The number of benzene rings is 2. The summed E-state index contributed by atoms with van der Waals surface area (Å²) in [6, 6.07) is 13.7. The highest BCUT2D eigenvalue weighted by atomic mass is 79.9. The van der Waals surface area contributed by atoms with Crippen LogP contribution in [0.15, 0.2) is 57.0 Å². The number of hydrogen-bond donors (Lipinski definition) is 2. The molecule has 2 N–H and O–H groups in total. The second kappa shape index (κ2) is 9.17. The number of carbonyl (C=O) groups is 2. The number of anilines is 1. The van der Waals surface area contributed by atoms with Crippen LogP contribution in [0.25, 0.3) is 6.08 Å². The molecule has 0 atom stereocenters. The summed E-state index contributed by atoms with van der Waals surface area (Å²) in [6.45, 7) is -0.466. The highest BCUT2D eigenvalue weighted by Crippen LogP contribution is 2.27. The van der Waals surface area contributed by atoms with E-state index in [-0.39, 0.29) is 5.57 Å². The average molecular weight is 480 g/mol. The third kappa shape index (κ3) is 5.72. The molecule has 0 heterocycles. The van der Waals surface area contributed by atoms with Crippen molar-refractivity contribution < 1.29 is 19.4 Å². The van der Waals surface area contributed by atoms with Gasteiger partial charge in [-0.1, -0.05) is 28.1 Å². The van der Waals surface area contributed by atoms with Gasteiger partial charge in [0.05, 0.1) is 4.47 Å². The smallest absolute Gasteiger partial charge is 0.341 e. The Balaban J connectivity index is 2.17. The zero-order chi connectivity index (χ0) is 19.1. The number of rotatable bonds is 6. The Bertz CT molecular complexity index is 920. The summed E-state index contributed by atoms with van der Waals surface area (Å²) in [5.41, 5.74) is 1.07. The first-order valence-corrected chi connectivity index (χ1v) is 8.80. The van der Waals surface area contributed by atoms with Crippen LogP contribution < -0.4 is 10.1 Å². The van der Waals surface area contributed by atoms with E-state index in [4.69, 9.17) is 9.84 Å². The third-order valence-electron chi connectivity index (χ3n) is 3.07. The molecule has 2 aromatic carbocycles. The number of halogens is 2. The van der Waals surface area contributed by atoms with Gasteiger partial charge in [0.2, 0.25) is 0 Å². The van der Waals surface area contributed by atoms with Gasteiger partial charge in [-0.15, -0.1) is 0 Å². The van der Waals surface area contributed by atoms with Crippen LogP contribution in [-0.2, 0) is 9.59 Å². The Morgan fingerprint density at radius 3 is 2.62 bits per heavy atom. The number of ether oxygens (including phenoxy) is 1. The fourth-order valence-electron chi connectivity index (χ4n) is 1.94. The lowest BCUT2D eigenvalue weighted by Crippen LogP contribution is -2.13. The molecule has 0 bridgehead atoms. The maximum absolute atomic E-state index is 12.3. The molecule has 0 saturated heterocycles. The van der Waals surface area contributed by atoms with E-state index in [1.807, 2.05) is 12.1 Å². The molecule has 0 aliphatic rings. The fraction of sp³-hybridized carbons (Fsp3) is 0.0556. The van der Waals surface area contributed by atoms with Crippen molar-refractivity contribution in [3.05, 3.63) is 62.5 Å². The molecular formula is C18H12Br2N2O4. The lowest BCUT2D eigenvalue weighted by molar-refractivity contribution is -0.139. The maximum atomic E-state index is 12.3. The Morgan fingerprint density at radius 2 is 2.00 bits per heavy atom. The van der Waals surface area contributed by atoms with E-state index in [1.54, 1.807) is 36.4 Å². The molecular weight excluding hydrogens is 468 g/mol. The largest absolute Gasteiger partial charge is 0.481 e. The van der Waals surface area contributed by atoms with E-state index in [9.17, 15) is 14.9 Å². The number of nitrogens with one attached hydrogen (secondary N) is 1. The summed E-state index contributed by atoms with van der Waals surface area (Å²) in [5.74, 6) is -1.27. The van der Waals surface area contributed by atoms with Crippen LogP contribution in [0, 0.1) is 11.3 Å². The van der Waals surface area contributed by atoms with E-state index >= 15 is 0 Å². The minimum atomic E-state index is -1.09. The van der Waals surface area contributed by atoms with Gasteiger partial charge in [-0.2, -0.15) is 5.26 Å². The zero-order valence-corrected chi connectivity index (χ0v) is 16.4. The minimum absolute atomic E-state index is 0.0731. The van der Waals surface area contributed by atoms with Gasteiger partial charge >= 0.3 is 5.97 Å². The van der Waals surface area contributed by atoms with Gasteiger partial charge in [-0.05, 0) is 57.9 Å². The SMILES string of the molecule is N#C/C(=C\c1ccc(OCC(=O)O)c(Br)c1)C(=O)Nc1cccc(Br)c1. The standard InChI is InChI=1S/C18H12Br2N2O4/c19-13-2-1-3-14(8-13)22-18(25)12(9-21)6-11-4-5-16(15(20)7-11)26-10-17(23)24/h1-8H,10H2,(H,22,25)(H,23,24)/b12-6+. The van der Waals surface area contributed by atoms with E-state index < -0.39 is 18.5 Å². The molecule has 1 amide bonds. The number of nitrogens with zero attached hydrogens (tertiary/aromatic N) is 1. The third-order valence-corrected chi connectivity index (χ3v) is 4.18. The normalized spacial score (nSPS) is 10.7. The van der Waals surface area contributed by atoms with Crippen molar-refractivity contribution in [2.75, 3.05) is 11.9 Å². The highest BCUT2D eigenvalue weighted by molar-refractivity contribution is 9.10. The number of carbonyl (C=O) groups excluding carboxylic acids is 1. The summed E-state index contributed by atoms with van der Waals surface area (Å²) in [6.07, 6.45) is 1.43. The Kier molecular flexibility index (Phi) is 6.95. The van der Waals surface area contributed by atoms with E-state index in [0.717, 1.165) is 4.47 Å². The molecule has 0 aromatic heterocycles. The maximum Gasteiger partial charge on any atom is 0.341 e. The molecule has 2 aromatic rings. The molecule has 0 fully saturated rings. The Labute approximate surface area is 166 Å². The summed E-state index contributed by atoms with van der Waals surface area (Å²) in [4.78, 5) is 22.8.